The van der Waals surface area contributed by atoms with Crippen LogP contribution in [-0.4, -0.2) is 57.8 Å². The zero-order valence-electron chi connectivity index (χ0n) is 13.7. The third-order valence-corrected chi connectivity index (χ3v) is 3.67. The number of nitrogens with one attached hydrogen (secondary N) is 2. The summed E-state index contributed by atoms with van der Waals surface area (Å²) in [5.41, 5.74) is 5.33. The van der Waals surface area contributed by atoms with E-state index in [4.69, 9.17) is 15.9 Å². The third-order valence-electron chi connectivity index (χ3n) is 3.30. The van der Waals surface area contributed by atoms with E-state index in [-0.39, 0.29) is 30.9 Å². The molecule has 0 saturated heterocycles. The molecule has 0 bridgehead atoms. The van der Waals surface area contributed by atoms with Crippen molar-refractivity contribution in [1.82, 2.24) is 10.6 Å². The Morgan fingerprint density at radius 2 is 1.67 bits per heavy atom. The van der Waals surface area contributed by atoms with Gasteiger partial charge in [-0.3, -0.25) is 14.4 Å². The number of hydrogen-bond donors (Lipinski definition) is 6. The van der Waals surface area contributed by atoms with Gasteiger partial charge in [-0.2, -0.15) is 12.6 Å². The van der Waals surface area contributed by atoms with Gasteiger partial charge in [0.15, 0.2) is 0 Å². The van der Waals surface area contributed by atoms with Crippen molar-refractivity contribution in [2.45, 2.75) is 51.2 Å². The average molecular weight is 363 g/mol. The first kappa shape index (κ1) is 22.2. The SMILES string of the molecule is CC(C)[C@@H](NC(=O)[C@H](CS)NC(=O)CCC[C@H](N)C(=O)O)C(=O)O. The summed E-state index contributed by atoms with van der Waals surface area (Å²) in [4.78, 5) is 45.5. The van der Waals surface area contributed by atoms with E-state index in [0.29, 0.717) is 0 Å². The Morgan fingerprint density at radius 3 is 2.08 bits per heavy atom. The zero-order valence-corrected chi connectivity index (χ0v) is 14.6. The number of carbonyl (C=O) groups excluding carboxylic acids is 2. The summed E-state index contributed by atoms with van der Waals surface area (Å²) >= 11 is 3.99. The van der Waals surface area contributed by atoms with Crippen molar-refractivity contribution >= 4 is 36.4 Å². The molecule has 0 heterocycles. The molecule has 2 amide bonds. The molecule has 24 heavy (non-hydrogen) atoms. The maximum atomic E-state index is 12.1. The number of rotatable bonds is 11. The maximum absolute atomic E-state index is 12.1. The highest BCUT2D eigenvalue weighted by Gasteiger charge is 2.27. The van der Waals surface area contributed by atoms with Crippen molar-refractivity contribution in [3.8, 4) is 0 Å². The van der Waals surface area contributed by atoms with Gasteiger partial charge in [-0.05, 0) is 18.8 Å². The minimum Gasteiger partial charge on any atom is -0.480 e. The van der Waals surface area contributed by atoms with Crippen molar-refractivity contribution < 1.29 is 29.4 Å². The third kappa shape index (κ3) is 8.16. The summed E-state index contributed by atoms with van der Waals surface area (Å²) in [6, 6.07) is -3.08. The highest BCUT2D eigenvalue weighted by molar-refractivity contribution is 7.80. The van der Waals surface area contributed by atoms with Crippen LogP contribution in [0.1, 0.15) is 33.1 Å². The molecule has 9 nitrogen and oxygen atoms in total. The standard InChI is InChI=1S/C14H25N3O6S/c1-7(2)11(14(22)23)17-12(19)9(6-24)16-10(18)5-3-4-8(15)13(20)21/h7-9,11,24H,3-6,15H2,1-2H3,(H,16,18)(H,17,19)(H,20,21)(H,22,23)/t8-,9-,11+/m0/s1. The first-order valence-corrected chi connectivity index (χ1v) is 8.15. The van der Waals surface area contributed by atoms with E-state index < -0.39 is 41.9 Å². The summed E-state index contributed by atoms with van der Waals surface area (Å²) < 4.78 is 0. The average Bonchev–Trinajstić information content (AvgIpc) is 2.48. The smallest absolute Gasteiger partial charge is 0.326 e. The normalized spacial score (nSPS) is 14.5. The quantitative estimate of drug-likeness (QED) is 0.262. The topological polar surface area (TPSA) is 159 Å². The minimum absolute atomic E-state index is 0.00333. The number of carboxylic acids is 2. The Bertz CT molecular complexity index is 471. The van der Waals surface area contributed by atoms with Gasteiger partial charge in [-0.15, -0.1) is 0 Å². The summed E-state index contributed by atoms with van der Waals surface area (Å²) in [6.45, 7) is 3.30. The van der Waals surface area contributed by atoms with Crippen molar-refractivity contribution in [2.75, 3.05) is 5.75 Å². The van der Waals surface area contributed by atoms with E-state index in [1.807, 2.05) is 0 Å². The van der Waals surface area contributed by atoms with Crippen LogP contribution in [0.15, 0.2) is 0 Å². The highest BCUT2D eigenvalue weighted by Crippen LogP contribution is 2.04. The molecule has 10 heteroatoms. The Hall–Kier alpha value is -1.81. The summed E-state index contributed by atoms with van der Waals surface area (Å²) in [5, 5.41) is 22.5. The number of amides is 2. The molecule has 0 aromatic rings. The Kier molecular flexibility index (Phi) is 10.0. The molecule has 0 fully saturated rings. The fraction of sp³-hybridized carbons (Fsp3) is 0.714. The van der Waals surface area contributed by atoms with Crippen molar-refractivity contribution in [1.29, 1.82) is 0 Å². The van der Waals surface area contributed by atoms with Crippen LogP contribution in [0.25, 0.3) is 0 Å². The molecule has 138 valence electrons. The van der Waals surface area contributed by atoms with Crippen LogP contribution in [0, 0.1) is 5.92 Å². The van der Waals surface area contributed by atoms with Gasteiger partial charge in [0.1, 0.15) is 18.1 Å². The van der Waals surface area contributed by atoms with Crippen LogP contribution in [0.4, 0.5) is 0 Å². The monoisotopic (exact) mass is 363 g/mol. The first-order chi connectivity index (χ1) is 11.1. The van der Waals surface area contributed by atoms with Gasteiger partial charge in [-0.25, -0.2) is 4.79 Å². The van der Waals surface area contributed by atoms with Crippen LogP contribution in [0.3, 0.4) is 0 Å². The van der Waals surface area contributed by atoms with Crippen LogP contribution in [-0.2, 0) is 19.2 Å². The Labute approximate surface area is 145 Å². The number of aliphatic carboxylic acids is 2. The van der Waals surface area contributed by atoms with E-state index in [0.717, 1.165) is 0 Å². The molecule has 6 N–H and O–H groups in total. The van der Waals surface area contributed by atoms with Crippen LogP contribution in [0.5, 0.6) is 0 Å². The number of thiol groups is 1. The lowest BCUT2D eigenvalue weighted by atomic mass is 10.0. The lowest BCUT2D eigenvalue weighted by Gasteiger charge is -2.22. The van der Waals surface area contributed by atoms with Crippen LogP contribution in [0.2, 0.25) is 0 Å². The van der Waals surface area contributed by atoms with Gasteiger partial charge in [0, 0.05) is 12.2 Å². The summed E-state index contributed by atoms with van der Waals surface area (Å²) in [5.74, 6) is -3.72. The van der Waals surface area contributed by atoms with Gasteiger partial charge in [-0.1, -0.05) is 13.8 Å². The van der Waals surface area contributed by atoms with Gasteiger partial charge < -0.3 is 26.6 Å². The summed E-state index contributed by atoms with van der Waals surface area (Å²) in [7, 11) is 0. The number of hydrogen-bond acceptors (Lipinski definition) is 6. The molecule has 0 aromatic carbocycles. The maximum Gasteiger partial charge on any atom is 0.326 e. The van der Waals surface area contributed by atoms with E-state index in [2.05, 4.69) is 23.3 Å². The largest absolute Gasteiger partial charge is 0.480 e. The molecule has 0 aromatic heterocycles. The van der Waals surface area contributed by atoms with Gasteiger partial charge in [0.05, 0.1) is 0 Å². The van der Waals surface area contributed by atoms with Gasteiger partial charge in [0.25, 0.3) is 0 Å². The van der Waals surface area contributed by atoms with Crippen LogP contribution >= 0.6 is 12.6 Å². The molecule has 0 saturated carbocycles. The molecule has 0 aliphatic heterocycles. The van der Waals surface area contributed by atoms with Crippen molar-refractivity contribution in [3.63, 3.8) is 0 Å². The Morgan fingerprint density at radius 1 is 1.08 bits per heavy atom. The molecule has 0 spiro atoms. The fourth-order valence-electron chi connectivity index (χ4n) is 1.83. The van der Waals surface area contributed by atoms with Gasteiger partial charge in [0.2, 0.25) is 11.8 Å². The fourth-order valence-corrected chi connectivity index (χ4v) is 2.09. The molecular weight excluding hydrogens is 338 g/mol. The minimum atomic E-state index is -1.16. The number of carboxylic acid groups (broad SMARTS) is 2. The van der Waals surface area contributed by atoms with Gasteiger partial charge >= 0.3 is 11.9 Å². The highest BCUT2D eigenvalue weighted by atomic mass is 32.1. The van der Waals surface area contributed by atoms with Crippen molar-refractivity contribution in [2.24, 2.45) is 11.7 Å². The number of carbonyl (C=O) groups is 4. The molecule has 0 unspecified atom stereocenters. The van der Waals surface area contributed by atoms with Crippen molar-refractivity contribution in [3.05, 3.63) is 0 Å². The predicted molar refractivity (Wildman–Crippen MR) is 89.7 cm³/mol. The number of nitrogens with two attached hydrogens (primary N) is 1. The van der Waals surface area contributed by atoms with E-state index >= 15 is 0 Å². The molecule has 0 radical (unpaired) electrons. The Balaban J connectivity index is 4.47. The lowest BCUT2D eigenvalue weighted by Crippen LogP contribution is -2.53. The second-order valence-corrected chi connectivity index (χ2v) is 6.07. The van der Waals surface area contributed by atoms with E-state index in [1.54, 1.807) is 13.8 Å². The molecule has 0 rings (SSSR count). The molecule has 0 aliphatic carbocycles. The molecule has 0 aliphatic rings. The molecule has 3 atom stereocenters. The predicted octanol–water partition coefficient (Wildman–Crippen LogP) is -0.791. The molecular formula is C14H25N3O6S. The first-order valence-electron chi connectivity index (χ1n) is 7.51. The lowest BCUT2D eigenvalue weighted by molar-refractivity contribution is -0.143. The second-order valence-electron chi connectivity index (χ2n) is 5.71. The van der Waals surface area contributed by atoms with Crippen LogP contribution < -0.4 is 16.4 Å². The zero-order chi connectivity index (χ0) is 18.9. The second kappa shape index (κ2) is 10.9. The van der Waals surface area contributed by atoms with E-state index in [1.165, 1.54) is 0 Å². The van der Waals surface area contributed by atoms with E-state index in [9.17, 15) is 19.2 Å². The summed E-state index contributed by atoms with van der Waals surface area (Å²) in [6.07, 6.45) is 0.393.